The Morgan fingerprint density at radius 2 is 1.90 bits per heavy atom. The number of fused-ring (bicyclic) bond motifs is 2. The average Bonchev–Trinajstić information content (AvgIpc) is 2.59. The van der Waals surface area contributed by atoms with Crippen LogP contribution in [0.2, 0.25) is 0 Å². The molecule has 2 bridgehead atoms. The number of ether oxygens (including phenoxy) is 1. The molecule has 1 aromatic carbocycles. The standard InChI is InChI=1S/C15H18O4S/c1-11-5-7-13(8-6-11)20(17,18)15-9-3-2-4-12(10-15)19-14(15)16/h5-8,12H,2-4,9-10H2,1H3/t12-,15-/m1/s1. The van der Waals surface area contributed by atoms with Crippen molar-refractivity contribution in [2.24, 2.45) is 0 Å². The maximum absolute atomic E-state index is 12.9. The van der Waals surface area contributed by atoms with Gasteiger partial charge in [0.15, 0.2) is 14.6 Å². The molecule has 0 N–H and O–H groups in total. The third-order valence-corrected chi connectivity index (χ3v) is 6.86. The van der Waals surface area contributed by atoms with Crippen LogP contribution in [-0.2, 0) is 19.4 Å². The average molecular weight is 294 g/mol. The summed E-state index contributed by atoms with van der Waals surface area (Å²) < 4.78 is 29.8. The highest BCUT2D eigenvalue weighted by molar-refractivity contribution is 7.93. The van der Waals surface area contributed by atoms with E-state index in [1.807, 2.05) is 6.92 Å². The molecule has 1 saturated heterocycles. The molecular formula is C15H18O4S. The second-order valence-electron chi connectivity index (χ2n) is 5.79. The Kier molecular flexibility index (Phi) is 3.12. The minimum atomic E-state index is -3.70. The molecule has 1 aromatic rings. The smallest absolute Gasteiger partial charge is 0.328 e. The van der Waals surface area contributed by atoms with E-state index in [2.05, 4.69) is 0 Å². The molecule has 3 rings (SSSR count). The van der Waals surface area contributed by atoms with Gasteiger partial charge >= 0.3 is 5.97 Å². The predicted molar refractivity (Wildman–Crippen MR) is 74.1 cm³/mol. The number of aryl methyl sites for hydroxylation is 1. The van der Waals surface area contributed by atoms with E-state index in [9.17, 15) is 13.2 Å². The van der Waals surface area contributed by atoms with Crippen molar-refractivity contribution in [3.05, 3.63) is 29.8 Å². The minimum Gasteiger partial charge on any atom is -0.461 e. The minimum absolute atomic E-state index is 0.225. The number of carbonyl (C=O) groups is 1. The van der Waals surface area contributed by atoms with Gasteiger partial charge in [0.05, 0.1) is 4.90 Å². The Hall–Kier alpha value is -1.36. The molecule has 0 unspecified atom stereocenters. The van der Waals surface area contributed by atoms with Crippen molar-refractivity contribution in [1.29, 1.82) is 0 Å². The van der Waals surface area contributed by atoms with Crippen LogP contribution in [0.5, 0.6) is 0 Å². The van der Waals surface area contributed by atoms with Crippen LogP contribution in [0.4, 0.5) is 0 Å². The van der Waals surface area contributed by atoms with Gasteiger partial charge in [-0.3, -0.25) is 4.79 Å². The summed E-state index contributed by atoms with van der Waals surface area (Å²) in [7, 11) is -3.70. The number of esters is 1. The second kappa shape index (κ2) is 4.58. The van der Waals surface area contributed by atoms with E-state index >= 15 is 0 Å². The van der Waals surface area contributed by atoms with E-state index in [1.54, 1.807) is 24.3 Å². The Balaban J connectivity index is 2.09. The Bertz CT molecular complexity index is 632. The van der Waals surface area contributed by atoms with E-state index in [1.165, 1.54) is 0 Å². The van der Waals surface area contributed by atoms with Crippen LogP contribution < -0.4 is 0 Å². The quantitative estimate of drug-likeness (QED) is 0.786. The van der Waals surface area contributed by atoms with Gasteiger partial charge in [-0.1, -0.05) is 24.1 Å². The van der Waals surface area contributed by atoms with Crippen molar-refractivity contribution in [2.45, 2.75) is 54.8 Å². The van der Waals surface area contributed by atoms with Crippen molar-refractivity contribution in [2.75, 3.05) is 0 Å². The van der Waals surface area contributed by atoms with Crippen molar-refractivity contribution in [3.63, 3.8) is 0 Å². The van der Waals surface area contributed by atoms with Crippen LogP contribution in [0.3, 0.4) is 0 Å². The SMILES string of the molecule is Cc1ccc(S(=O)(=O)[C@]23CCCC[C@H](C2)OC3=O)cc1. The van der Waals surface area contributed by atoms with Gasteiger partial charge in [0.25, 0.3) is 0 Å². The zero-order valence-electron chi connectivity index (χ0n) is 11.5. The lowest BCUT2D eigenvalue weighted by molar-refractivity contribution is -0.144. The van der Waals surface area contributed by atoms with Crippen LogP contribution in [-0.4, -0.2) is 25.2 Å². The highest BCUT2D eigenvalue weighted by Crippen LogP contribution is 2.44. The summed E-state index contributed by atoms with van der Waals surface area (Å²) >= 11 is 0. The van der Waals surface area contributed by atoms with E-state index in [0.29, 0.717) is 12.8 Å². The van der Waals surface area contributed by atoms with Gasteiger partial charge in [-0.15, -0.1) is 0 Å². The number of rotatable bonds is 2. The van der Waals surface area contributed by atoms with Gasteiger partial charge in [0, 0.05) is 6.42 Å². The third-order valence-electron chi connectivity index (χ3n) is 4.41. The predicted octanol–water partition coefficient (Wildman–Crippen LogP) is 2.40. The molecule has 5 heteroatoms. The van der Waals surface area contributed by atoms with Crippen LogP contribution in [0, 0.1) is 6.92 Å². The normalized spacial score (nSPS) is 29.9. The molecule has 2 fully saturated rings. The number of benzene rings is 1. The fraction of sp³-hybridized carbons (Fsp3) is 0.533. The molecule has 1 saturated carbocycles. The highest BCUT2D eigenvalue weighted by atomic mass is 32.2. The molecule has 0 spiro atoms. The molecule has 20 heavy (non-hydrogen) atoms. The second-order valence-corrected chi connectivity index (χ2v) is 8.05. The molecule has 2 aliphatic rings. The summed E-state index contributed by atoms with van der Waals surface area (Å²) in [4.78, 5) is 12.4. The van der Waals surface area contributed by atoms with Gasteiger partial charge < -0.3 is 4.74 Å². The number of hydrogen-bond donors (Lipinski definition) is 0. The molecule has 2 atom stereocenters. The number of sulfone groups is 1. The Morgan fingerprint density at radius 3 is 2.60 bits per heavy atom. The largest absolute Gasteiger partial charge is 0.461 e. The first-order valence-electron chi connectivity index (χ1n) is 6.98. The lowest BCUT2D eigenvalue weighted by atomic mass is 10.0. The molecule has 0 amide bonds. The lowest BCUT2D eigenvalue weighted by Crippen LogP contribution is -2.43. The summed E-state index contributed by atoms with van der Waals surface area (Å²) in [5, 5.41) is 0. The maximum atomic E-state index is 12.9. The van der Waals surface area contributed by atoms with Gasteiger partial charge in [-0.05, 0) is 38.3 Å². The van der Waals surface area contributed by atoms with E-state index in [4.69, 9.17) is 4.74 Å². The zero-order chi connectivity index (χ0) is 14.4. The summed E-state index contributed by atoms with van der Waals surface area (Å²) in [6.07, 6.45) is 2.90. The van der Waals surface area contributed by atoms with E-state index < -0.39 is 20.6 Å². The van der Waals surface area contributed by atoms with Crippen molar-refractivity contribution in [1.82, 2.24) is 0 Å². The van der Waals surface area contributed by atoms with Gasteiger partial charge in [0.1, 0.15) is 6.10 Å². The molecule has 1 aliphatic carbocycles. The third kappa shape index (κ3) is 1.87. The fourth-order valence-electron chi connectivity index (χ4n) is 3.20. The molecule has 108 valence electrons. The Morgan fingerprint density at radius 1 is 1.20 bits per heavy atom. The van der Waals surface area contributed by atoms with E-state index in [-0.39, 0.29) is 11.0 Å². The van der Waals surface area contributed by atoms with Crippen molar-refractivity contribution in [3.8, 4) is 0 Å². The van der Waals surface area contributed by atoms with Crippen LogP contribution in [0.1, 0.15) is 37.7 Å². The first-order valence-corrected chi connectivity index (χ1v) is 8.46. The summed E-state index contributed by atoms with van der Waals surface area (Å²) in [5.74, 6) is -0.553. The molecule has 0 aromatic heterocycles. The van der Waals surface area contributed by atoms with Gasteiger partial charge in [0.2, 0.25) is 0 Å². The monoisotopic (exact) mass is 294 g/mol. The topological polar surface area (TPSA) is 60.4 Å². The molecule has 4 nitrogen and oxygen atoms in total. The molecular weight excluding hydrogens is 276 g/mol. The highest BCUT2D eigenvalue weighted by Gasteiger charge is 2.59. The summed E-state index contributed by atoms with van der Waals surface area (Å²) in [6, 6.07) is 6.70. The van der Waals surface area contributed by atoms with E-state index in [0.717, 1.165) is 24.8 Å². The number of carbonyl (C=O) groups excluding carboxylic acids is 1. The van der Waals surface area contributed by atoms with Crippen LogP contribution in [0.15, 0.2) is 29.2 Å². The first-order chi connectivity index (χ1) is 9.46. The first kappa shape index (κ1) is 13.6. The molecule has 1 heterocycles. The molecule has 1 aliphatic heterocycles. The van der Waals surface area contributed by atoms with Crippen LogP contribution >= 0.6 is 0 Å². The van der Waals surface area contributed by atoms with Crippen molar-refractivity contribution >= 4 is 15.8 Å². The fourth-order valence-corrected chi connectivity index (χ4v) is 5.23. The maximum Gasteiger partial charge on any atom is 0.328 e. The Labute approximate surface area is 119 Å². The lowest BCUT2D eigenvalue weighted by Gasteiger charge is -2.24. The van der Waals surface area contributed by atoms with Gasteiger partial charge in [-0.25, -0.2) is 8.42 Å². The number of hydrogen-bond acceptors (Lipinski definition) is 4. The molecule has 0 radical (unpaired) electrons. The van der Waals surface area contributed by atoms with Crippen LogP contribution in [0.25, 0.3) is 0 Å². The van der Waals surface area contributed by atoms with Crippen molar-refractivity contribution < 1.29 is 17.9 Å². The summed E-state index contributed by atoms with van der Waals surface area (Å²) in [6.45, 7) is 1.90. The summed E-state index contributed by atoms with van der Waals surface area (Å²) in [5.41, 5.74) is 0.995. The van der Waals surface area contributed by atoms with Gasteiger partial charge in [-0.2, -0.15) is 0 Å². The zero-order valence-corrected chi connectivity index (χ0v) is 12.3.